The molecule has 0 aliphatic carbocycles. The molecule has 0 bridgehead atoms. The average molecular weight is 391 g/mol. The third kappa shape index (κ3) is 2.88. The van der Waals surface area contributed by atoms with E-state index < -0.39 is 0 Å². The van der Waals surface area contributed by atoms with Crippen LogP contribution in [0.4, 0.5) is 5.69 Å². The standard InChI is InChI=1S/C15H20ClIN2/c1-11-9-18-7-3-2-4-13(18)10-19(11)15-6-5-12(17)8-14(15)16/h5-6,8,11,13H,2-4,7,9-10H2,1H3. The van der Waals surface area contributed by atoms with E-state index in [4.69, 9.17) is 11.6 Å². The molecule has 19 heavy (non-hydrogen) atoms. The highest BCUT2D eigenvalue weighted by Crippen LogP contribution is 2.33. The number of hydrogen-bond donors (Lipinski definition) is 0. The van der Waals surface area contributed by atoms with Gasteiger partial charge in [-0.2, -0.15) is 0 Å². The van der Waals surface area contributed by atoms with Gasteiger partial charge in [0, 0.05) is 28.7 Å². The van der Waals surface area contributed by atoms with Crippen molar-refractivity contribution in [2.75, 3.05) is 24.5 Å². The smallest absolute Gasteiger partial charge is 0.0650 e. The van der Waals surface area contributed by atoms with Crippen LogP contribution in [0.3, 0.4) is 0 Å². The molecule has 104 valence electrons. The summed E-state index contributed by atoms with van der Waals surface area (Å²) in [5, 5.41) is 0.892. The Morgan fingerprint density at radius 1 is 1.26 bits per heavy atom. The van der Waals surface area contributed by atoms with Gasteiger partial charge in [0.1, 0.15) is 0 Å². The van der Waals surface area contributed by atoms with Crippen LogP contribution in [0.2, 0.25) is 5.02 Å². The van der Waals surface area contributed by atoms with Crippen LogP contribution in [-0.4, -0.2) is 36.6 Å². The summed E-state index contributed by atoms with van der Waals surface area (Å²) in [5.74, 6) is 0. The summed E-state index contributed by atoms with van der Waals surface area (Å²) in [5.41, 5.74) is 1.21. The van der Waals surface area contributed by atoms with Gasteiger partial charge in [0.15, 0.2) is 0 Å². The molecule has 2 atom stereocenters. The second kappa shape index (κ2) is 5.78. The average Bonchev–Trinajstić information content (AvgIpc) is 2.38. The molecule has 0 aromatic heterocycles. The summed E-state index contributed by atoms with van der Waals surface area (Å²) in [6.07, 6.45) is 4.09. The van der Waals surface area contributed by atoms with Crippen LogP contribution in [0, 0.1) is 3.57 Å². The van der Waals surface area contributed by atoms with E-state index >= 15 is 0 Å². The molecule has 0 radical (unpaired) electrons. The lowest BCUT2D eigenvalue weighted by Gasteiger charge is -2.48. The molecule has 2 aliphatic heterocycles. The van der Waals surface area contributed by atoms with Crippen molar-refractivity contribution in [1.82, 2.24) is 4.90 Å². The Kier molecular flexibility index (Phi) is 4.25. The predicted molar refractivity (Wildman–Crippen MR) is 90.2 cm³/mol. The van der Waals surface area contributed by atoms with Gasteiger partial charge in [-0.3, -0.25) is 4.90 Å². The first-order valence-corrected chi connectivity index (χ1v) is 8.56. The Balaban J connectivity index is 1.83. The normalized spacial score (nSPS) is 28.3. The van der Waals surface area contributed by atoms with Crippen molar-refractivity contribution in [2.45, 2.75) is 38.3 Å². The highest BCUT2D eigenvalue weighted by atomic mass is 127. The molecule has 2 saturated heterocycles. The Morgan fingerprint density at radius 2 is 2.11 bits per heavy atom. The molecular formula is C15H20ClIN2. The molecule has 0 amide bonds. The maximum absolute atomic E-state index is 6.44. The Hall–Kier alpha value is -0.0000000000000000555. The van der Waals surface area contributed by atoms with E-state index in [0.29, 0.717) is 6.04 Å². The number of piperidine rings is 1. The van der Waals surface area contributed by atoms with Gasteiger partial charge in [-0.05, 0) is 67.1 Å². The molecule has 0 spiro atoms. The molecule has 1 aromatic carbocycles. The fourth-order valence-electron chi connectivity index (χ4n) is 3.40. The van der Waals surface area contributed by atoms with Gasteiger partial charge in [0.05, 0.1) is 10.7 Å². The number of benzene rings is 1. The van der Waals surface area contributed by atoms with Gasteiger partial charge in [-0.15, -0.1) is 0 Å². The van der Waals surface area contributed by atoms with Crippen LogP contribution >= 0.6 is 34.2 Å². The van der Waals surface area contributed by atoms with Crippen LogP contribution in [0.25, 0.3) is 0 Å². The highest BCUT2D eigenvalue weighted by Gasteiger charge is 2.33. The van der Waals surface area contributed by atoms with Crippen molar-refractivity contribution < 1.29 is 0 Å². The largest absolute Gasteiger partial charge is 0.365 e. The van der Waals surface area contributed by atoms with E-state index in [-0.39, 0.29) is 0 Å². The Morgan fingerprint density at radius 3 is 2.89 bits per heavy atom. The monoisotopic (exact) mass is 390 g/mol. The van der Waals surface area contributed by atoms with Crippen LogP contribution in [0.5, 0.6) is 0 Å². The molecule has 2 fully saturated rings. The van der Waals surface area contributed by atoms with Crippen LogP contribution in [-0.2, 0) is 0 Å². The minimum atomic E-state index is 0.548. The van der Waals surface area contributed by atoms with Gasteiger partial charge >= 0.3 is 0 Å². The Labute approximate surface area is 134 Å². The number of rotatable bonds is 1. The van der Waals surface area contributed by atoms with Crippen molar-refractivity contribution in [1.29, 1.82) is 0 Å². The van der Waals surface area contributed by atoms with Crippen molar-refractivity contribution >= 4 is 39.9 Å². The first-order chi connectivity index (χ1) is 9.15. The number of anilines is 1. The third-order valence-corrected chi connectivity index (χ3v) is 5.38. The zero-order chi connectivity index (χ0) is 13.4. The fourth-order valence-corrected chi connectivity index (χ4v) is 4.37. The van der Waals surface area contributed by atoms with Gasteiger partial charge in [-0.1, -0.05) is 18.0 Å². The molecule has 2 unspecified atom stereocenters. The molecular weight excluding hydrogens is 371 g/mol. The quantitative estimate of drug-likeness (QED) is 0.669. The highest BCUT2D eigenvalue weighted by molar-refractivity contribution is 14.1. The number of fused-ring (bicyclic) bond motifs is 1. The molecule has 0 N–H and O–H groups in total. The minimum absolute atomic E-state index is 0.548. The second-order valence-electron chi connectivity index (χ2n) is 5.74. The molecule has 2 nitrogen and oxygen atoms in total. The number of hydrogen-bond acceptors (Lipinski definition) is 2. The Bertz CT molecular complexity index is 465. The first kappa shape index (κ1) is 14.0. The molecule has 0 saturated carbocycles. The minimum Gasteiger partial charge on any atom is -0.365 e. The van der Waals surface area contributed by atoms with E-state index in [1.807, 2.05) is 0 Å². The number of piperazine rings is 1. The topological polar surface area (TPSA) is 6.48 Å². The molecule has 4 heteroatoms. The molecule has 1 aromatic rings. The zero-order valence-electron chi connectivity index (χ0n) is 11.3. The van der Waals surface area contributed by atoms with Gasteiger partial charge in [-0.25, -0.2) is 0 Å². The summed E-state index contributed by atoms with van der Waals surface area (Å²) < 4.78 is 1.20. The van der Waals surface area contributed by atoms with Gasteiger partial charge in [0.2, 0.25) is 0 Å². The lowest BCUT2D eigenvalue weighted by Crippen LogP contribution is -2.58. The van der Waals surface area contributed by atoms with Crippen LogP contribution in [0.15, 0.2) is 18.2 Å². The van der Waals surface area contributed by atoms with E-state index in [9.17, 15) is 0 Å². The van der Waals surface area contributed by atoms with Crippen molar-refractivity contribution in [3.8, 4) is 0 Å². The number of nitrogens with zero attached hydrogens (tertiary/aromatic N) is 2. The summed E-state index contributed by atoms with van der Waals surface area (Å²) in [4.78, 5) is 5.18. The lowest BCUT2D eigenvalue weighted by molar-refractivity contribution is 0.115. The van der Waals surface area contributed by atoms with Crippen LogP contribution < -0.4 is 4.90 Å². The number of halogens is 2. The zero-order valence-corrected chi connectivity index (χ0v) is 14.2. The summed E-state index contributed by atoms with van der Waals surface area (Å²) in [7, 11) is 0. The van der Waals surface area contributed by atoms with E-state index in [0.717, 1.165) is 17.6 Å². The SMILES string of the molecule is CC1CN2CCCCC2CN1c1ccc(I)cc1Cl. The predicted octanol–water partition coefficient (Wildman–Crippen LogP) is 4.01. The summed E-state index contributed by atoms with van der Waals surface area (Å²) in [6, 6.07) is 7.67. The molecule has 2 aliphatic rings. The van der Waals surface area contributed by atoms with E-state index in [2.05, 4.69) is 57.5 Å². The van der Waals surface area contributed by atoms with Gasteiger partial charge < -0.3 is 4.90 Å². The lowest BCUT2D eigenvalue weighted by atomic mass is 9.96. The summed E-state index contributed by atoms with van der Waals surface area (Å²) in [6.45, 7) is 5.90. The second-order valence-corrected chi connectivity index (χ2v) is 7.39. The van der Waals surface area contributed by atoms with Crippen molar-refractivity contribution in [3.05, 3.63) is 26.8 Å². The van der Waals surface area contributed by atoms with Crippen molar-refractivity contribution in [2.24, 2.45) is 0 Å². The van der Waals surface area contributed by atoms with Crippen molar-refractivity contribution in [3.63, 3.8) is 0 Å². The fraction of sp³-hybridized carbons (Fsp3) is 0.600. The van der Waals surface area contributed by atoms with E-state index in [1.165, 1.54) is 41.6 Å². The molecule has 2 heterocycles. The van der Waals surface area contributed by atoms with Gasteiger partial charge in [0.25, 0.3) is 0 Å². The third-order valence-electron chi connectivity index (χ3n) is 4.41. The first-order valence-electron chi connectivity index (χ1n) is 7.11. The van der Waals surface area contributed by atoms with E-state index in [1.54, 1.807) is 0 Å². The van der Waals surface area contributed by atoms with Crippen LogP contribution in [0.1, 0.15) is 26.2 Å². The maximum atomic E-state index is 6.44. The molecule has 3 rings (SSSR count). The maximum Gasteiger partial charge on any atom is 0.0650 e. The summed E-state index contributed by atoms with van der Waals surface area (Å²) >= 11 is 8.76.